The summed E-state index contributed by atoms with van der Waals surface area (Å²) in [6.07, 6.45) is -1.52. The monoisotopic (exact) mass is 583 g/mol. The Morgan fingerprint density at radius 2 is 1.84 bits per heavy atom. The van der Waals surface area contributed by atoms with Crippen LogP contribution in [-0.4, -0.2) is 35.8 Å². The molecule has 14 heteroatoms. The third kappa shape index (κ3) is 6.60. The zero-order valence-corrected chi connectivity index (χ0v) is 22.1. The molecule has 0 bridgehead atoms. The molecule has 0 unspecified atom stereocenters. The first-order valence-corrected chi connectivity index (χ1v) is 14.2. The molecule has 4 rings (SSSR count). The molecule has 0 saturated heterocycles. The van der Waals surface area contributed by atoms with Crippen molar-refractivity contribution >= 4 is 56.1 Å². The van der Waals surface area contributed by atoms with Crippen molar-refractivity contribution in [3.63, 3.8) is 0 Å². The Hall–Kier alpha value is -3.13. The molecular weight excluding hydrogens is 567 g/mol. The average Bonchev–Trinajstić information content (AvgIpc) is 3.55. The average molecular weight is 584 g/mol. The molecular formula is C23H17ClF3N5O2S3. The van der Waals surface area contributed by atoms with Crippen molar-refractivity contribution in [2.75, 3.05) is 6.26 Å². The summed E-state index contributed by atoms with van der Waals surface area (Å²) in [4.78, 5) is 0.436. The molecule has 2 aromatic heterocycles. The minimum absolute atomic E-state index is 0.0242. The van der Waals surface area contributed by atoms with Gasteiger partial charge in [0.15, 0.2) is 10.9 Å². The predicted octanol–water partition coefficient (Wildman–Crippen LogP) is 6.30. The van der Waals surface area contributed by atoms with E-state index in [1.165, 1.54) is 41.8 Å². The summed E-state index contributed by atoms with van der Waals surface area (Å²) in [6, 6.07) is 16.5. The number of thiophene rings is 1. The number of halogens is 4. The van der Waals surface area contributed by atoms with E-state index in [1.54, 1.807) is 48.0 Å². The van der Waals surface area contributed by atoms with E-state index in [0.717, 1.165) is 28.1 Å². The largest absolute Gasteiger partial charge is 0.435 e. The predicted molar refractivity (Wildman–Crippen MR) is 142 cm³/mol. The SMILES string of the molecule is CSC(=NS(=O)(=O)c1ccc(-n2nc(C(F)(F)F)cc2-c2cccs2)cc1)N/N=C\c1ccc(Cl)cc1. The maximum absolute atomic E-state index is 13.3. The van der Waals surface area contributed by atoms with E-state index in [2.05, 4.69) is 20.0 Å². The van der Waals surface area contributed by atoms with Gasteiger partial charge in [-0.25, -0.2) is 4.68 Å². The number of thioether (sulfide) groups is 1. The van der Waals surface area contributed by atoms with Crippen LogP contribution in [0.15, 0.2) is 86.5 Å². The Kier molecular flexibility index (Phi) is 8.07. The van der Waals surface area contributed by atoms with Crippen molar-refractivity contribution in [3.05, 3.63) is 88.4 Å². The third-order valence-corrected chi connectivity index (χ3v) is 7.91. The highest BCUT2D eigenvalue weighted by Crippen LogP contribution is 2.35. The van der Waals surface area contributed by atoms with Crippen LogP contribution >= 0.6 is 34.7 Å². The molecule has 7 nitrogen and oxygen atoms in total. The lowest BCUT2D eigenvalue weighted by Gasteiger charge is -2.08. The highest BCUT2D eigenvalue weighted by molar-refractivity contribution is 8.13. The van der Waals surface area contributed by atoms with E-state index >= 15 is 0 Å². The lowest BCUT2D eigenvalue weighted by Crippen LogP contribution is -2.16. The number of hydrazone groups is 1. The van der Waals surface area contributed by atoms with Gasteiger partial charge in [-0.2, -0.15) is 31.8 Å². The molecule has 0 aliphatic heterocycles. The molecule has 4 aromatic rings. The smallest absolute Gasteiger partial charge is 0.255 e. The summed E-state index contributed by atoms with van der Waals surface area (Å²) in [6.45, 7) is 0. The minimum atomic E-state index is -4.63. The van der Waals surface area contributed by atoms with Crippen molar-refractivity contribution < 1.29 is 21.6 Å². The zero-order valence-electron chi connectivity index (χ0n) is 18.8. The summed E-state index contributed by atoms with van der Waals surface area (Å²) in [5.41, 5.74) is 2.78. The third-order valence-electron chi connectivity index (χ3n) is 4.79. The molecule has 1 N–H and O–H groups in total. The first-order valence-electron chi connectivity index (χ1n) is 10.3. The van der Waals surface area contributed by atoms with Crippen molar-refractivity contribution in [1.29, 1.82) is 0 Å². The van der Waals surface area contributed by atoms with Crippen LogP contribution < -0.4 is 5.43 Å². The van der Waals surface area contributed by atoms with Crippen LogP contribution in [0.4, 0.5) is 13.2 Å². The molecule has 0 spiro atoms. The summed E-state index contributed by atoms with van der Waals surface area (Å²) >= 11 is 8.15. The quantitative estimate of drug-likeness (QED) is 0.163. The second-order valence-corrected chi connectivity index (χ2v) is 11.1. The molecule has 37 heavy (non-hydrogen) atoms. The summed E-state index contributed by atoms with van der Waals surface area (Å²) in [5.74, 6) is 0. The minimum Gasteiger partial charge on any atom is -0.255 e. The Labute approximate surface area is 223 Å². The van der Waals surface area contributed by atoms with Crippen LogP contribution in [0.25, 0.3) is 16.3 Å². The lowest BCUT2D eigenvalue weighted by molar-refractivity contribution is -0.141. The fourth-order valence-corrected chi connectivity index (χ4v) is 5.49. The van der Waals surface area contributed by atoms with Crippen LogP contribution in [-0.2, 0) is 16.2 Å². The number of hydrogen-bond donors (Lipinski definition) is 1. The number of sulfonamides is 1. The van der Waals surface area contributed by atoms with E-state index in [1.807, 2.05) is 0 Å². The topological polar surface area (TPSA) is 88.7 Å². The normalized spacial score (nSPS) is 12.8. The van der Waals surface area contributed by atoms with Gasteiger partial charge in [0.2, 0.25) is 0 Å². The number of benzene rings is 2. The highest BCUT2D eigenvalue weighted by atomic mass is 35.5. The standard InChI is InChI=1S/C23H17ClF3N5O2S3/c1-35-22(29-28-14-15-4-6-16(24)7-5-15)31-37(33,34)18-10-8-17(9-11-18)32-19(20-3-2-12-36-20)13-21(30-32)23(25,26)27/h2-14H,1H3,(H,29,31)/b28-14-. The molecule has 0 saturated carbocycles. The highest BCUT2D eigenvalue weighted by Gasteiger charge is 2.35. The van der Waals surface area contributed by atoms with Crippen molar-refractivity contribution in [1.82, 2.24) is 15.2 Å². The van der Waals surface area contributed by atoms with Crippen molar-refractivity contribution in [3.8, 4) is 16.3 Å². The van der Waals surface area contributed by atoms with Gasteiger partial charge < -0.3 is 0 Å². The Morgan fingerprint density at radius 3 is 2.43 bits per heavy atom. The molecule has 0 aliphatic carbocycles. The number of nitrogens with zero attached hydrogens (tertiary/aromatic N) is 4. The second kappa shape index (κ2) is 11.1. The number of nitrogens with one attached hydrogen (secondary N) is 1. The molecule has 0 atom stereocenters. The van der Waals surface area contributed by atoms with Gasteiger partial charge in [0.05, 0.1) is 27.4 Å². The van der Waals surface area contributed by atoms with Gasteiger partial charge in [-0.1, -0.05) is 41.6 Å². The molecule has 0 fully saturated rings. The first kappa shape index (κ1) is 26.9. The van der Waals surface area contributed by atoms with E-state index in [4.69, 9.17) is 11.6 Å². The molecule has 192 valence electrons. The number of aromatic nitrogens is 2. The fraction of sp³-hybridized carbons (Fsp3) is 0.0870. The Morgan fingerprint density at radius 1 is 1.14 bits per heavy atom. The number of rotatable bonds is 6. The van der Waals surface area contributed by atoms with E-state index < -0.39 is 21.9 Å². The number of amidine groups is 1. The summed E-state index contributed by atoms with van der Waals surface area (Å²) in [5, 5.41) is 10.0. The van der Waals surface area contributed by atoms with E-state index in [0.29, 0.717) is 9.90 Å². The van der Waals surface area contributed by atoms with Crippen molar-refractivity contribution in [2.24, 2.45) is 9.50 Å². The van der Waals surface area contributed by atoms with Gasteiger partial charge in [0.25, 0.3) is 10.0 Å². The zero-order chi connectivity index (χ0) is 26.6. The van der Waals surface area contributed by atoms with Gasteiger partial charge in [-0.3, -0.25) is 5.43 Å². The molecule has 0 aliphatic rings. The van der Waals surface area contributed by atoms with Crippen LogP contribution in [0, 0.1) is 0 Å². The van der Waals surface area contributed by atoms with Gasteiger partial charge in [-0.05, 0) is 65.7 Å². The van der Waals surface area contributed by atoms with Gasteiger partial charge in [-0.15, -0.1) is 15.7 Å². The molecule has 2 heterocycles. The molecule has 0 amide bonds. The van der Waals surface area contributed by atoms with E-state index in [9.17, 15) is 21.6 Å². The van der Waals surface area contributed by atoms with Crippen LogP contribution in [0.3, 0.4) is 0 Å². The maximum Gasteiger partial charge on any atom is 0.435 e. The fourth-order valence-electron chi connectivity index (χ4n) is 3.05. The maximum atomic E-state index is 13.3. The summed E-state index contributed by atoms with van der Waals surface area (Å²) in [7, 11) is -4.14. The number of alkyl halides is 3. The first-order chi connectivity index (χ1) is 17.6. The number of hydrogen-bond acceptors (Lipinski definition) is 6. The Bertz CT molecular complexity index is 1530. The van der Waals surface area contributed by atoms with Crippen LogP contribution in [0.2, 0.25) is 5.02 Å². The lowest BCUT2D eigenvalue weighted by atomic mass is 10.2. The van der Waals surface area contributed by atoms with Crippen LogP contribution in [0.5, 0.6) is 0 Å². The van der Waals surface area contributed by atoms with Gasteiger partial charge in [0, 0.05) is 5.02 Å². The van der Waals surface area contributed by atoms with Gasteiger partial charge in [0.1, 0.15) is 0 Å². The molecule has 0 radical (unpaired) electrons. The Balaban J connectivity index is 1.58. The summed E-state index contributed by atoms with van der Waals surface area (Å²) < 4.78 is 70.6. The molecule has 2 aromatic carbocycles. The van der Waals surface area contributed by atoms with Crippen LogP contribution in [0.1, 0.15) is 11.3 Å². The second-order valence-electron chi connectivity index (χ2n) is 7.29. The van der Waals surface area contributed by atoms with E-state index in [-0.39, 0.29) is 21.4 Å². The van der Waals surface area contributed by atoms with Crippen molar-refractivity contribution in [2.45, 2.75) is 11.1 Å². The van der Waals surface area contributed by atoms with Gasteiger partial charge >= 0.3 is 6.18 Å².